The summed E-state index contributed by atoms with van der Waals surface area (Å²) in [4.78, 5) is 14.4. The monoisotopic (exact) mass is 434 g/mol. The predicted octanol–water partition coefficient (Wildman–Crippen LogP) is 4.87. The second-order valence-corrected chi connectivity index (χ2v) is 7.48. The molecular weight excluding hydrogens is 417 g/mol. The zero-order valence-electron chi connectivity index (χ0n) is 15.7. The summed E-state index contributed by atoms with van der Waals surface area (Å²) in [7, 11) is 0. The fraction of sp³-hybridized carbons (Fsp3) is 0.238. The van der Waals surface area contributed by atoms with E-state index in [0.29, 0.717) is 24.5 Å². The molecule has 2 aromatic carbocycles. The van der Waals surface area contributed by atoms with Crippen LogP contribution >= 0.6 is 11.6 Å². The second-order valence-electron chi connectivity index (χ2n) is 7.04. The van der Waals surface area contributed by atoms with E-state index in [0.717, 1.165) is 16.6 Å². The third-order valence-corrected chi connectivity index (χ3v) is 5.21. The first-order valence-electron chi connectivity index (χ1n) is 9.35. The van der Waals surface area contributed by atoms with Gasteiger partial charge in [0.05, 0.1) is 17.4 Å². The lowest BCUT2D eigenvalue weighted by Gasteiger charge is -2.19. The molecule has 30 heavy (non-hydrogen) atoms. The third kappa shape index (κ3) is 4.14. The van der Waals surface area contributed by atoms with Crippen molar-refractivity contribution >= 4 is 23.2 Å². The van der Waals surface area contributed by atoms with E-state index in [-0.39, 0.29) is 11.7 Å². The molecule has 0 spiro atoms. The number of amides is 1. The number of nitrogens with one attached hydrogen (secondary N) is 1. The maximum absolute atomic E-state index is 13.8. The van der Waals surface area contributed by atoms with Gasteiger partial charge in [0, 0.05) is 29.8 Å². The van der Waals surface area contributed by atoms with Crippen molar-refractivity contribution in [3.63, 3.8) is 0 Å². The Balaban J connectivity index is 1.58. The van der Waals surface area contributed by atoms with Gasteiger partial charge in [0.15, 0.2) is 5.69 Å². The molecule has 1 N–H and O–H groups in total. The standard InChI is InChI=1S/C21H18ClF3N4O/c22-14-6-8-17(9-7-14)29-19(21(23,24)25)18(12-26-29)20(30)28-11-10-16(13-28)27-15-4-2-1-3-5-15/h1-9,12,16,27H,10-11,13H2. The quantitative estimate of drug-likeness (QED) is 0.637. The number of para-hydroxylation sites is 1. The summed E-state index contributed by atoms with van der Waals surface area (Å²) in [5.41, 5.74) is -0.466. The van der Waals surface area contributed by atoms with Crippen molar-refractivity contribution in [3.8, 4) is 5.69 Å². The molecule has 4 rings (SSSR count). The molecule has 1 saturated heterocycles. The van der Waals surface area contributed by atoms with Crippen molar-refractivity contribution in [3.05, 3.63) is 77.1 Å². The van der Waals surface area contributed by atoms with Crippen LogP contribution in [0.15, 0.2) is 60.8 Å². The number of hydrogen-bond donors (Lipinski definition) is 1. The molecule has 1 atom stereocenters. The van der Waals surface area contributed by atoms with Gasteiger partial charge in [-0.05, 0) is 42.8 Å². The van der Waals surface area contributed by atoms with Gasteiger partial charge in [-0.25, -0.2) is 4.68 Å². The number of carbonyl (C=O) groups excluding carboxylic acids is 1. The normalized spacial score (nSPS) is 16.7. The van der Waals surface area contributed by atoms with Crippen molar-refractivity contribution in [2.75, 3.05) is 18.4 Å². The van der Waals surface area contributed by atoms with Crippen molar-refractivity contribution in [1.29, 1.82) is 0 Å². The Morgan fingerprint density at radius 3 is 2.47 bits per heavy atom. The molecule has 0 bridgehead atoms. The Hall–Kier alpha value is -3.00. The molecule has 0 saturated carbocycles. The Morgan fingerprint density at radius 1 is 1.10 bits per heavy atom. The van der Waals surface area contributed by atoms with Crippen molar-refractivity contribution in [1.82, 2.24) is 14.7 Å². The molecule has 1 unspecified atom stereocenters. The average Bonchev–Trinajstić information content (AvgIpc) is 3.36. The zero-order valence-corrected chi connectivity index (χ0v) is 16.5. The molecule has 1 fully saturated rings. The maximum Gasteiger partial charge on any atom is 0.434 e. The molecule has 5 nitrogen and oxygen atoms in total. The number of benzene rings is 2. The first-order valence-corrected chi connectivity index (χ1v) is 9.73. The summed E-state index contributed by atoms with van der Waals surface area (Å²) in [5.74, 6) is -0.681. The van der Waals surface area contributed by atoms with Gasteiger partial charge in [-0.2, -0.15) is 18.3 Å². The molecule has 3 aromatic rings. The minimum atomic E-state index is -4.75. The summed E-state index contributed by atoms with van der Waals surface area (Å²) in [6.07, 6.45) is -3.12. The highest BCUT2D eigenvalue weighted by Crippen LogP contribution is 2.35. The fourth-order valence-corrected chi connectivity index (χ4v) is 3.68. The van der Waals surface area contributed by atoms with Gasteiger partial charge in [-0.3, -0.25) is 4.79 Å². The van der Waals surface area contributed by atoms with Crippen LogP contribution in [0.4, 0.5) is 18.9 Å². The van der Waals surface area contributed by atoms with Crippen LogP contribution in [0.1, 0.15) is 22.5 Å². The highest BCUT2D eigenvalue weighted by Gasteiger charge is 2.42. The molecule has 1 amide bonds. The smallest absolute Gasteiger partial charge is 0.380 e. The van der Waals surface area contributed by atoms with Crippen LogP contribution in [0.3, 0.4) is 0 Å². The fourth-order valence-electron chi connectivity index (χ4n) is 3.56. The van der Waals surface area contributed by atoms with Gasteiger partial charge in [0.2, 0.25) is 0 Å². The molecule has 9 heteroatoms. The number of aromatic nitrogens is 2. The zero-order chi connectivity index (χ0) is 21.3. The van der Waals surface area contributed by atoms with E-state index < -0.39 is 23.3 Å². The number of alkyl halides is 3. The molecule has 1 aromatic heterocycles. The summed E-state index contributed by atoms with van der Waals surface area (Å²) in [6, 6.07) is 15.3. The first-order chi connectivity index (χ1) is 14.3. The van der Waals surface area contributed by atoms with Crippen LogP contribution < -0.4 is 5.32 Å². The molecule has 1 aliphatic heterocycles. The minimum absolute atomic E-state index is 0.0306. The van der Waals surface area contributed by atoms with E-state index in [4.69, 9.17) is 11.6 Å². The highest BCUT2D eigenvalue weighted by atomic mass is 35.5. The predicted molar refractivity (Wildman–Crippen MR) is 108 cm³/mol. The van der Waals surface area contributed by atoms with E-state index in [1.54, 1.807) is 0 Å². The Morgan fingerprint density at radius 2 is 1.80 bits per heavy atom. The molecule has 156 valence electrons. The van der Waals surface area contributed by atoms with Crippen LogP contribution in [0.2, 0.25) is 5.02 Å². The molecule has 0 radical (unpaired) electrons. The van der Waals surface area contributed by atoms with Crippen molar-refractivity contribution < 1.29 is 18.0 Å². The van der Waals surface area contributed by atoms with Crippen LogP contribution in [0.5, 0.6) is 0 Å². The lowest BCUT2D eigenvalue weighted by atomic mass is 10.2. The van der Waals surface area contributed by atoms with Gasteiger partial charge in [-0.15, -0.1) is 0 Å². The van der Waals surface area contributed by atoms with Crippen LogP contribution in [0.25, 0.3) is 5.69 Å². The topological polar surface area (TPSA) is 50.2 Å². The summed E-state index contributed by atoms with van der Waals surface area (Å²) < 4.78 is 42.3. The van der Waals surface area contributed by atoms with Gasteiger partial charge in [0.1, 0.15) is 0 Å². The van der Waals surface area contributed by atoms with E-state index in [1.165, 1.54) is 29.2 Å². The Kier molecular flexibility index (Phi) is 5.42. The summed E-state index contributed by atoms with van der Waals surface area (Å²) in [5, 5.41) is 7.55. The van der Waals surface area contributed by atoms with Gasteiger partial charge in [0.25, 0.3) is 5.91 Å². The number of likely N-dealkylation sites (tertiary alicyclic amines) is 1. The first kappa shape index (κ1) is 20.3. The number of rotatable bonds is 4. The van der Waals surface area contributed by atoms with E-state index in [1.807, 2.05) is 30.3 Å². The van der Waals surface area contributed by atoms with Crippen molar-refractivity contribution in [2.45, 2.75) is 18.6 Å². The molecule has 1 aliphatic rings. The SMILES string of the molecule is O=C(c1cnn(-c2ccc(Cl)cc2)c1C(F)(F)F)N1CCC(Nc2ccccc2)C1. The summed E-state index contributed by atoms with van der Waals surface area (Å²) >= 11 is 5.82. The van der Waals surface area contributed by atoms with Gasteiger partial charge in [-0.1, -0.05) is 29.8 Å². The lowest BCUT2D eigenvalue weighted by Crippen LogP contribution is -2.33. The highest BCUT2D eigenvalue weighted by molar-refractivity contribution is 6.30. The number of carbonyl (C=O) groups is 1. The van der Waals surface area contributed by atoms with Gasteiger partial charge >= 0.3 is 6.18 Å². The summed E-state index contributed by atoms with van der Waals surface area (Å²) in [6.45, 7) is 0.684. The molecule has 2 heterocycles. The average molecular weight is 435 g/mol. The Labute approximate surface area is 176 Å². The number of hydrogen-bond acceptors (Lipinski definition) is 3. The minimum Gasteiger partial charge on any atom is -0.380 e. The van der Waals surface area contributed by atoms with E-state index in [9.17, 15) is 18.0 Å². The third-order valence-electron chi connectivity index (χ3n) is 4.96. The van der Waals surface area contributed by atoms with Crippen LogP contribution in [-0.2, 0) is 6.18 Å². The largest absolute Gasteiger partial charge is 0.434 e. The molecule has 0 aliphatic carbocycles. The van der Waals surface area contributed by atoms with Gasteiger partial charge < -0.3 is 10.2 Å². The van der Waals surface area contributed by atoms with Crippen LogP contribution in [-0.4, -0.2) is 39.7 Å². The number of halogens is 4. The number of anilines is 1. The molecular formula is C21H18ClF3N4O. The van der Waals surface area contributed by atoms with Crippen molar-refractivity contribution in [2.24, 2.45) is 0 Å². The Bertz CT molecular complexity index is 1030. The van der Waals surface area contributed by atoms with E-state index >= 15 is 0 Å². The number of nitrogens with zero attached hydrogens (tertiary/aromatic N) is 3. The van der Waals surface area contributed by atoms with E-state index in [2.05, 4.69) is 10.4 Å². The van der Waals surface area contributed by atoms with Crippen LogP contribution in [0, 0.1) is 0 Å². The lowest BCUT2D eigenvalue weighted by molar-refractivity contribution is -0.143. The maximum atomic E-state index is 13.8. The second kappa shape index (κ2) is 8.02.